The number of rotatable bonds is 2. The number of hydrogen-bond donors (Lipinski definition) is 1. The zero-order chi connectivity index (χ0) is 8.27. The van der Waals surface area contributed by atoms with Gasteiger partial charge in [0, 0.05) is 6.04 Å². The predicted molar refractivity (Wildman–Crippen MR) is 46.2 cm³/mol. The lowest BCUT2D eigenvalue weighted by Crippen LogP contribution is -2.30. The van der Waals surface area contributed by atoms with Crippen LogP contribution in [0, 0.1) is 5.92 Å². The maximum atomic E-state index is 5.10. The standard InChI is InChI=1S/C9H15NO/c1-7-6-8(11-3)4-5-9(7)10-2/h4-7,9-10H,1-3H3. The molecule has 0 radical (unpaired) electrons. The minimum absolute atomic E-state index is 0.453. The van der Waals surface area contributed by atoms with Crippen LogP contribution in [-0.4, -0.2) is 20.2 Å². The van der Waals surface area contributed by atoms with Gasteiger partial charge in [-0.05, 0) is 25.1 Å². The van der Waals surface area contributed by atoms with Crippen molar-refractivity contribution in [3.8, 4) is 0 Å². The van der Waals surface area contributed by atoms with E-state index in [1.165, 1.54) is 0 Å². The Morgan fingerprint density at radius 3 is 2.73 bits per heavy atom. The zero-order valence-electron chi connectivity index (χ0n) is 7.29. The summed E-state index contributed by atoms with van der Waals surface area (Å²) >= 11 is 0. The number of methoxy groups -OCH3 is 1. The number of likely N-dealkylation sites (N-methyl/N-ethyl adjacent to an activating group) is 1. The van der Waals surface area contributed by atoms with Crippen molar-refractivity contribution in [2.75, 3.05) is 14.2 Å². The molecule has 0 bridgehead atoms. The highest BCUT2D eigenvalue weighted by molar-refractivity contribution is 5.22. The highest BCUT2D eigenvalue weighted by Gasteiger charge is 2.14. The lowest BCUT2D eigenvalue weighted by atomic mass is 9.97. The van der Waals surface area contributed by atoms with Crippen LogP contribution in [0.5, 0.6) is 0 Å². The minimum Gasteiger partial charge on any atom is -0.497 e. The van der Waals surface area contributed by atoms with E-state index in [-0.39, 0.29) is 0 Å². The molecule has 2 atom stereocenters. The molecular weight excluding hydrogens is 138 g/mol. The van der Waals surface area contributed by atoms with Gasteiger partial charge in [-0.3, -0.25) is 0 Å². The van der Waals surface area contributed by atoms with Crippen molar-refractivity contribution in [3.63, 3.8) is 0 Å². The van der Waals surface area contributed by atoms with Crippen LogP contribution in [0.15, 0.2) is 24.0 Å². The smallest absolute Gasteiger partial charge is 0.114 e. The molecule has 2 nitrogen and oxygen atoms in total. The summed E-state index contributed by atoms with van der Waals surface area (Å²) in [6.07, 6.45) is 6.26. The Morgan fingerprint density at radius 1 is 1.55 bits per heavy atom. The van der Waals surface area contributed by atoms with Crippen LogP contribution in [-0.2, 0) is 4.74 Å². The van der Waals surface area contributed by atoms with Crippen molar-refractivity contribution in [1.29, 1.82) is 0 Å². The van der Waals surface area contributed by atoms with Gasteiger partial charge in [0.25, 0.3) is 0 Å². The van der Waals surface area contributed by atoms with Gasteiger partial charge >= 0.3 is 0 Å². The van der Waals surface area contributed by atoms with Crippen LogP contribution in [0.1, 0.15) is 6.92 Å². The maximum Gasteiger partial charge on any atom is 0.114 e. The Labute approximate surface area is 67.9 Å². The topological polar surface area (TPSA) is 21.3 Å². The second-order valence-corrected chi connectivity index (χ2v) is 2.81. The van der Waals surface area contributed by atoms with Crippen molar-refractivity contribution < 1.29 is 4.74 Å². The highest BCUT2D eigenvalue weighted by Crippen LogP contribution is 2.16. The van der Waals surface area contributed by atoms with E-state index in [0.29, 0.717) is 12.0 Å². The highest BCUT2D eigenvalue weighted by atomic mass is 16.5. The number of hydrogen-bond acceptors (Lipinski definition) is 2. The molecule has 0 aromatic carbocycles. The van der Waals surface area contributed by atoms with E-state index in [9.17, 15) is 0 Å². The van der Waals surface area contributed by atoms with Crippen molar-refractivity contribution in [2.45, 2.75) is 13.0 Å². The van der Waals surface area contributed by atoms with E-state index in [0.717, 1.165) is 5.76 Å². The summed E-state index contributed by atoms with van der Waals surface area (Å²) in [5, 5.41) is 3.21. The van der Waals surface area contributed by atoms with Crippen LogP contribution in [0.4, 0.5) is 0 Å². The van der Waals surface area contributed by atoms with Crippen LogP contribution in [0.2, 0.25) is 0 Å². The first-order valence-electron chi connectivity index (χ1n) is 3.89. The Kier molecular flexibility index (Phi) is 2.71. The normalized spacial score (nSPS) is 29.9. The summed E-state index contributed by atoms with van der Waals surface area (Å²) in [7, 11) is 3.67. The third-order valence-corrected chi connectivity index (χ3v) is 2.03. The molecule has 0 fully saturated rings. The van der Waals surface area contributed by atoms with E-state index < -0.39 is 0 Å². The predicted octanol–water partition coefficient (Wildman–Crippen LogP) is 1.31. The van der Waals surface area contributed by atoms with Crippen LogP contribution in [0.25, 0.3) is 0 Å². The maximum absolute atomic E-state index is 5.10. The number of nitrogens with one attached hydrogen (secondary N) is 1. The average molecular weight is 153 g/mol. The first kappa shape index (κ1) is 8.34. The van der Waals surface area contributed by atoms with Crippen LogP contribution < -0.4 is 5.32 Å². The zero-order valence-corrected chi connectivity index (χ0v) is 7.29. The molecule has 1 aliphatic rings. The van der Waals surface area contributed by atoms with Gasteiger partial charge in [0.15, 0.2) is 0 Å². The summed E-state index contributed by atoms with van der Waals surface area (Å²) in [5.41, 5.74) is 0. The molecular formula is C9H15NO. The molecule has 0 heterocycles. The Balaban J connectivity index is 2.63. The first-order valence-corrected chi connectivity index (χ1v) is 3.89. The monoisotopic (exact) mass is 153 g/mol. The van der Waals surface area contributed by atoms with Gasteiger partial charge in [0.2, 0.25) is 0 Å². The van der Waals surface area contributed by atoms with Gasteiger partial charge < -0.3 is 10.1 Å². The molecule has 0 amide bonds. The molecule has 0 aromatic heterocycles. The second kappa shape index (κ2) is 3.58. The van der Waals surface area contributed by atoms with Gasteiger partial charge in [0.1, 0.15) is 5.76 Å². The molecule has 1 rings (SSSR count). The third-order valence-electron chi connectivity index (χ3n) is 2.03. The van der Waals surface area contributed by atoms with Crippen molar-refractivity contribution >= 4 is 0 Å². The third kappa shape index (κ3) is 1.84. The number of allylic oxidation sites excluding steroid dienone is 1. The molecule has 1 aliphatic carbocycles. The molecule has 0 saturated heterocycles. The fourth-order valence-corrected chi connectivity index (χ4v) is 1.29. The first-order chi connectivity index (χ1) is 5.27. The van der Waals surface area contributed by atoms with Gasteiger partial charge in [0.05, 0.1) is 7.11 Å². The van der Waals surface area contributed by atoms with E-state index in [1.54, 1.807) is 7.11 Å². The fraction of sp³-hybridized carbons (Fsp3) is 0.556. The van der Waals surface area contributed by atoms with Crippen molar-refractivity contribution in [1.82, 2.24) is 5.32 Å². The van der Waals surface area contributed by atoms with E-state index in [1.807, 2.05) is 13.1 Å². The Bertz CT molecular complexity index is 184. The van der Waals surface area contributed by atoms with Gasteiger partial charge in [-0.1, -0.05) is 13.0 Å². The molecule has 0 saturated carbocycles. The quantitative estimate of drug-likeness (QED) is 0.646. The lowest BCUT2D eigenvalue weighted by molar-refractivity contribution is 0.297. The molecule has 62 valence electrons. The van der Waals surface area contributed by atoms with E-state index in [2.05, 4.69) is 24.4 Å². The fourth-order valence-electron chi connectivity index (χ4n) is 1.29. The van der Waals surface area contributed by atoms with Gasteiger partial charge in [-0.2, -0.15) is 0 Å². The molecule has 0 spiro atoms. The second-order valence-electron chi connectivity index (χ2n) is 2.81. The van der Waals surface area contributed by atoms with Gasteiger partial charge in [-0.15, -0.1) is 0 Å². The summed E-state index contributed by atoms with van der Waals surface area (Å²) < 4.78 is 5.10. The van der Waals surface area contributed by atoms with E-state index in [4.69, 9.17) is 4.74 Å². The SMILES string of the molecule is CNC1C=CC(OC)=CC1C. The molecule has 11 heavy (non-hydrogen) atoms. The van der Waals surface area contributed by atoms with Crippen LogP contribution in [0.3, 0.4) is 0 Å². The minimum atomic E-state index is 0.453. The lowest BCUT2D eigenvalue weighted by Gasteiger charge is -2.21. The molecule has 2 unspecified atom stereocenters. The summed E-state index contributed by atoms with van der Waals surface area (Å²) in [4.78, 5) is 0. The Morgan fingerprint density at radius 2 is 2.27 bits per heavy atom. The molecule has 0 aromatic rings. The summed E-state index contributed by atoms with van der Waals surface area (Å²) in [5.74, 6) is 1.48. The Hall–Kier alpha value is -0.760. The largest absolute Gasteiger partial charge is 0.497 e. The molecule has 0 aliphatic heterocycles. The molecule has 2 heteroatoms. The van der Waals surface area contributed by atoms with Crippen LogP contribution >= 0.6 is 0 Å². The van der Waals surface area contributed by atoms with Gasteiger partial charge in [-0.25, -0.2) is 0 Å². The summed E-state index contributed by atoms with van der Waals surface area (Å²) in [6.45, 7) is 2.17. The number of ether oxygens (including phenoxy) is 1. The van der Waals surface area contributed by atoms with Crippen molar-refractivity contribution in [2.24, 2.45) is 5.92 Å². The molecule has 1 N–H and O–H groups in total. The average Bonchev–Trinajstić information content (AvgIpc) is 2.04. The summed E-state index contributed by atoms with van der Waals surface area (Å²) in [6, 6.07) is 0.453. The van der Waals surface area contributed by atoms with Crippen molar-refractivity contribution in [3.05, 3.63) is 24.0 Å². The van der Waals surface area contributed by atoms with E-state index >= 15 is 0 Å².